The third-order valence-electron chi connectivity index (χ3n) is 4.34. The Bertz CT molecular complexity index is 491. The molecular formula is C16H25N3O2S. The van der Waals surface area contributed by atoms with Crippen LogP contribution in [0, 0.1) is 0 Å². The molecule has 0 aromatic carbocycles. The lowest BCUT2D eigenvalue weighted by atomic mass is 10.2. The highest BCUT2D eigenvalue weighted by Crippen LogP contribution is 2.17. The van der Waals surface area contributed by atoms with Crippen LogP contribution >= 0.6 is 11.3 Å². The molecule has 1 aromatic heterocycles. The highest BCUT2D eigenvalue weighted by atomic mass is 32.1. The lowest BCUT2D eigenvalue weighted by Gasteiger charge is -2.35. The maximum atomic E-state index is 12.3. The topological polar surface area (TPSA) is 45.7 Å². The third-order valence-corrected chi connectivity index (χ3v) is 5.30. The van der Waals surface area contributed by atoms with Gasteiger partial charge >= 0.3 is 0 Å². The number of carbonyl (C=O) groups is 1. The van der Waals surface area contributed by atoms with Gasteiger partial charge in [0, 0.05) is 44.7 Å². The van der Waals surface area contributed by atoms with Crippen molar-refractivity contribution in [3.8, 4) is 0 Å². The molecule has 6 heteroatoms. The Balaban J connectivity index is 1.45. The molecule has 3 heterocycles. The Kier molecular flexibility index (Phi) is 5.44. The minimum atomic E-state index is -0.179. The van der Waals surface area contributed by atoms with Crippen molar-refractivity contribution < 1.29 is 9.53 Å². The fourth-order valence-corrected chi connectivity index (χ4v) is 3.97. The van der Waals surface area contributed by atoms with E-state index in [-0.39, 0.29) is 12.0 Å². The molecule has 0 radical (unpaired) electrons. The van der Waals surface area contributed by atoms with Gasteiger partial charge in [0.1, 0.15) is 6.10 Å². The Labute approximate surface area is 136 Å². The highest BCUT2D eigenvalue weighted by Gasteiger charge is 2.30. The van der Waals surface area contributed by atoms with E-state index in [0.717, 1.165) is 65.0 Å². The van der Waals surface area contributed by atoms with Gasteiger partial charge in [-0.1, -0.05) is 6.92 Å². The SMILES string of the molecule is CCCc1nc(CN2CCN(C(=O)[C@@H]3CCCO3)CC2)cs1. The zero-order valence-corrected chi connectivity index (χ0v) is 14.1. The largest absolute Gasteiger partial charge is 0.368 e. The molecule has 0 spiro atoms. The zero-order valence-electron chi connectivity index (χ0n) is 13.3. The van der Waals surface area contributed by atoms with Gasteiger partial charge in [-0.25, -0.2) is 4.98 Å². The number of piperazine rings is 1. The standard InChI is InChI=1S/C16H25N3O2S/c1-2-4-15-17-13(12-22-15)11-18-6-8-19(9-7-18)16(20)14-5-3-10-21-14/h12,14H,2-11H2,1H3/t14-/m0/s1. The summed E-state index contributed by atoms with van der Waals surface area (Å²) >= 11 is 1.77. The quantitative estimate of drug-likeness (QED) is 0.830. The van der Waals surface area contributed by atoms with Crippen LogP contribution in [0.2, 0.25) is 0 Å². The molecule has 2 fully saturated rings. The van der Waals surface area contributed by atoms with E-state index in [4.69, 9.17) is 4.74 Å². The molecule has 22 heavy (non-hydrogen) atoms. The monoisotopic (exact) mass is 323 g/mol. The summed E-state index contributed by atoms with van der Waals surface area (Å²) in [6, 6.07) is 0. The molecule has 5 nitrogen and oxygen atoms in total. The Morgan fingerprint density at radius 1 is 1.41 bits per heavy atom. The molecule has 1 amide bonds. The first kappa shape index (κ1) is 15.9. The van der Waals surface area contributed by atoms with Gasteiger partial charge in [-0.05, 0) is 25.7 Å². The molecular weight excluding hydrogens is 298 g/mol. The summed E-state index contributed by atoms with van der Waals surface area (Å²) in [5.74, 6) is 0.191. The van der Waals surface area contributed by atoms with Crippen molar-refractivity contribution in [3.05, 3.63) is 16.1 Å². The van der Waals surface area contributed by atoms with Crippen molar-refractivity contribution in [3.63, 3.8) is 0 Å². The number of amides is 1. The fourth-order valence-electron chi connectivity index (χ4n) is 3.08. The van der Waals surface area contributed by atoms with Gasteiger partial charge in [-0.2, -0.15) is 0 Å². The second-order valence-corrected chi connectivity index (χ2v) is 7.03. The second kappa shape index (κ2) is 7.53. The van der Waals surface area contributed by atoms with E-state index >= 15 is 0 Å². The average molecular weight is 323 g/mol. The molecule has 1 atom stereocenters. The summed E-state index contributed by atoms with van der Waals surface area (Å²) in [6.45, 7) is 7.31. The third kappa shape index (κ3) is 3.86. The van der Waals surface area contributed by atoms with Crippen LogP contribution in [-0.2, 0) is 22.5 Å². The maximum Gasteiger partial charge on any atom is 0.251 e. The summed E-state index contributed by atoms with van der Waals surface area (Å²) in [5, 5.41) is 3.42. The van der Waals surface area contributed by atoms with E-state index in [0.29, 0.717) is 0 Å². The molecule has 0 saturated carbocycles. The van der Waals surface area contributed by atoms with Crippen LogP contribution in [-0.4, -0.2) is 59.6 Å². The van der Waals surface area contributed by atoms with E-state index in [1.54, 1.807) is 11.3 Å². The number of thiazole rings is 1. The summed E-state index contributed by atoms with van der Waals surface area (Å²) in [4.78, 5) is 21.4. The predicted octanol–water partition coefficient (Wildman–Crippen LogP) is 1.92. The first-order valence-electron chi connectivity index (χ1n) is 8.32. The van der Waals surface area contributed by atoms with E-state index in [1.165, 1.54) is 10.7 Å². The molecule has 122 valence electrons. The smallest absolute Gasteiger partial charge is 0.251 e. The van der Waals surface area contributed by atoms with Gasteiger partial charge in [0.2, 0.25) is 0 Å². The highest BCUT2D eigenvalue weighted by molar-refractivity contribution is 7.09. The predicted molar refractivity (Wildman–Crippen MR) is 86.9 cm³/mol. The second-order valence-electron chi connectivity index (χ2n) is 6.09. The van der Waals surface area contributed by atoms with Crippen LogP contribution in [0.1, 0.15) is 36.9 Å². The number of ether oxygens (including phenoxy) is 1. The van der Waals surface area contributed by atoms with Crippen LogP contribution < -0.4 is 0 Å². The van der Waals surface area contributed by atoms with E-state index in [2.05, 4.69) is 22.2 Å². The molecule has 2 aliphatic heterocycles. The van der Waals surface area contributed by atoms with Crippen molar-refractivity contribution in [2.45, 2.75) is 45.3 Å². The molecule has 3 rings (SSSR count). The molecule has 1 aromatic rings. The van der Waals surface area contributed by atoms with Crippen molar-refractivity contribution >= 4 is 17.2 Å². The van der Waals surface area contributed by atoms with Crippen molar-refractivity contribution in [2.24, 2.45) is 0 Å². The number of carbonyl (C=O) groups excluding carboxylic acids is 1. The fraction of sp³-hybridized carbons (Fsp3) is 0.750. The van der Waals surface area contributed by atoms with Gasteiger partial charge in [0.25, 0.3) is 5.91 Å². The van der Waals surface area contributed by atoms with E-state index in [1.807, 2.05) is 4.90 Å². The molecule has 0 bridgehead atoms. The zero-order chi connectivity index (χ0) is 15.4. The lowest BCUT2D eigenvalue weighted by Crippen LogP contribution is -2.51. The number of nitrogens with zero attached hydrogens (tertiary/aromatic N) is 3. The first-order chi connectivity index (χ1) is 10.8. The van der Waals surface area contributed by atoms with E-state index < -0.39 is 0 Å². The van der Waals surface area contributed by atoms with Gasteiger partial charge in [-0.3, -0.25) is 9.69 Å². The Morgan fingerprint density at radius 3 is 2.91 bits per heavy atom. The van der Waals surface area contributed by atoms with Crippen LogP contribution in [0.15, 0.2) is 5.38 Å². The summed E-state index contributed by atoms with van der Waals surface area (Å²) in [6.07, 6.45) is 3.95. The number of aryl methyl sites for hydroxylation is 1. The molecule has 0 aliphatic carbocycles. The number of aromatic nitrogens is 1. The normalized spacial score (nSPS) is 23.1. The lowest BCUT2D eigenvalue weighted by molar-refractivity contribution is -0.142. The average Bonchev–Trinajstić information content (AvgIpc) is 3.20. The van der Waals surface area contributed by atoms with Crippen LogP contribution in [0.25, 0.3) is 0 Å². The van der Waals surface area contributed by atoms with Crippen LogP contribution in [0.4, 0.5) is 0 Å². The van der Waals surface area contributed by atoms with Crippen molar-refractivity contribution in [1.82, 2.24) is 14.8 Å². The number of hydrogen-bond donors (Lipinski definition) is 0. The van der Waals surface area contributed by atoms with Crippen molar-refractivity contribution in [2.75, 3.05) is 32.8 Å². The van der Waals surface area contributed by atoms with E-state index in [9.17, 15) is 4.79 Å². The number of hydrogen-bond acceptors (Lipinski definition) is 5. The molecule has 0 unspecified atom stereocenters. The van der Waals surface area contributed by atoms with Crippen molar-refractivity contribution in [1.29, 1.82) is 0 Å². The van der Waals surface area contributed by atoms with Gasteiger partial charge in [0.15, 0.2) is 0 Å². The Hall–Kier alpha value is -0.980. The van der Waals surface area contributed by atoms with Gasteiger partial charge < -0.3 is 9.64 Å². The summed E-state index contributed by atoms with van der Waals surface area (Å²) in [5.41, 5.74) is 1.17. The van der Waals surface area contributed by atoms with Gasteiger partial charge in [-0.15, -0.1) is 11.3 Å². The minimum absolute atomic E-state index is 0.179. The maximum absolute atomic E-state index is 12.3. The molecule has 0 N–H and O–H groups in total. The van der Waals surface area contributed by atoms with Crippen LogP contribution in [0.5, 0.6) is 0 Å². The minimum Gasteiger partial charge on any atom is -0.368 e. The Morgan fingerprint density at radius 2 is 2.23 bits per heavy atom. The summed E-state index contributed by atoms with van der Waals surface area (Å²) in [7, 11) is 0. The molecule has 2 saturated heterocycles. The summed E-state index contributed by atoms with van der Waals surface area (Å²) < 4.78 is 5.50. The first-order valence-corrected chi connectivity index (χ1v) is 9.20. The van der Waals surface area contributed by atoms with Gasteiger partial charge in [0.05, 0.1) is 10.7 Å². The number of rotatable bonds is 5. The molecule has 2 aliphatic rings. The van der Waals surface area contributed by atoms with Crippen LogP contribution in [0.3, 0.4) is 0 Å².